The van der Waals surface area contributed by atoms with Crippen molar-refractivity contribution in [1.82, 2.24) is 4.90 Å². The maximum atomic E-state index is 12.1. The fraction of sp³-hybridized carbons (Fsp3) is 1.00. The molecule has 4 atom stereocenters. The Hall–Kier alpha value is -0.0800. The second-order valence-electron chi connectivity index (χ2n) is 11.3. The monoisotopic (exact) mass is 317 g/mol. The van der Waals surface area contributed by atoms with Gasteiger partial charge in [-0.3, -0.25) is 0 Å². The van der Waals surface area contributed by atoms with Crippen molar-refractivity contribution < 1.29 is 5.11 Å². The molecule has 6 fully saturated rings. The lowest BCUT2D eigenvalue weighted by molar-refractivity contribution is -0.249. The number of nitrogens with zero attached hydrogens (tertiary/aromatic N) is 1. The Morgan fingerprint density at radius 1 is 0.826 bits per heavy atom. The summed E-state index contributed by atoms with van der Waals surface area (Å²) < 4.78 is 0. The molecule has 0 spiro atoms. The molecule has 2 heteroatoms. The molecule has 23 heavy (non-hydrogen) atoms. The lowest BCUT2D eigenvalue weighted by atomic mass is 9.36. The second kappa shape index (κ2) is 4.36. The van der Waals surface area contributed by atoms with E-state index in [9.17, 15) is 5.11 Å². The standard InChI is InChI=1S/C21H35NO/c1-18-7-15-8-19(2,12-18)14-20(9-15,13-18)21(23)10-16-5-4-6-17(11-21)22(16)3/h15-17,23H,4-14H2,1-3H3. The Morgan fingerprint density at radius 2 is 1.39 bits per heavy atom. The van der Waals surface area contributed by atoms with Gasteiger partial charge < -0.3 is 10.0 Å². The van der Waals surface area contributed by atoms with Crippen molar-refractivity contribution in [3.05, 3.63) is 0 Å². The lowest BCUT2D eigenvalue weighted by Crippen LogP contribution is -2.68. The molecular weight excluding hydrogens is 282 g/mol. The molecule has 2 heterocycles. The van der Waals surface area contributed by atoms with Gasteiger partial charge in [0.2, 0.25) is 0 Å². The molecule has 6 bridgehead atoms. The molecule has 4 aliphatic carbocycles. The van der Waals surface area contributed by atoms with Crippen molar-refractivity contribution in [2.24, 2.45) is 22.2 Å². The first-order chi connectivity index (χ1) is 10.7. The molecule has 0 radical (unpaired) electrons. The zero-order valence-electron chi connectivity index (χ0n) is 15.4. The average Bonchev–Trinajstić information content (AvgIpc) is 2.36. The van der Waals surface area contributed by atoms with Crippen LogP contribution in [0.3, 0.4) is 0 Å². The van der Waals surface area contributed by atoms with Gasteiger partial charge >= 0.3 is 0 Å². The van der Waals surface area contributed by atoms with Gasteiger partial charge in [0.25, 0.3) is 0 Å². The van der Waals surface area contributed by atoms with E-state index in [0.717, 1.165) is 18.8 Å². The predicted octanol–water partition coefficient (Wildman–Crippen LogP) is 4.36. The molecule has 6 rings (SSSR count). The first-order valence-corrected chi connectivity index (χ1v) is 10.2. The van der Waals surface area contributed by atoms with Crippen molar-refractivity contribution in [2.45, 2.75) is 102 Å². The van der Waals surface area contributed by atoms with Gasteiger partial charge in [0.05, 0.1) is 5.60 Å². The summed E-state index contributed by atoms with van der Waals surface area (Å²) in [4.78, 5) is 2.61. The summed E-state index contributed by atoms with van der Waals surface area (Å²) in [5, 5.41) is 12.1. The molecule has 0 aromatic rings. The number of piperidine rings is 2. The molecule has 2 nitrogen and oxygen atoms in total. The summed E-state index contributed by atoms with van der Waals surface area (Å²) in [6, 6.07) is 1.28. The van der Waals surface area contributed by atoms with Crippen LogP contribution in [0, 0.1) is 22.2 Å². The highest BCUT2D eigenvalue weighted by molar-refractivity contribution is 5.18. The minimum atomic E-state index is -0.378. The molecule has 0 aromatic heterocycles. The fourth-order valence-electron chi connectivity index (χ4n) is 9.05. The molecule has 4 saturated carbocycles. The largest absolute Gasteiger partial charge is 0.389 e. The van der Waals surface area contributed by atoms with E-state index in [1.54, 1.807) is 0 Å². The number of fused-ring (bicyclic) bond motifs is 2. The van der Waals surface area contributed by atoms with Crippen LogP contribution in [0.15, 0.2) is 0 Å². The molecule has 2 aliphatic heterocycles. The van der Waals surface area contributed by atoms with Gasteiger partial charge in [0.1, 0.15) is 0 Å². The van der Waals surface area contributed by atoms with E-state index in [2.05, 4.69) is 25.8 Å². The second-order valence-corrected chi connectivity index (χ2v) is 11.3. The molecule has 130 valence electrons. The average molecular weight is 318 g/mol. The highest BCUT2D eigenvalue weighted by atomic mass is 16.3. The maximum absolute atomic E-state index is 12.1. The Bertz CT molecular complexity index is 496. The van der Waals surface area contributed by atoms with Gasteiger partial charge in [0.15, 0.2) is 0 Å². The van der Waals surface area contributed by atoms with E-state index in [1.807, 2.05) is 0 Å². The summed E-state index contributed by atoms with van der Waals surface area (Å²) in [5.41, 5.74) is 0.896. The minimum Gasteiger partial charge on any atom is -0.389 e. The van der Waals surface area contributed by atoms with Crippen LogP contribution in [0.1, 0.15) is 84.5 Å². The van der Waals surface area contributed by atoms with Crippen LogP contribution >= 0.6 is 0 Å². The molecule has 0 amide bonds. The lowest BCUT2D eigenvalue weighted by Gasteiger charge is -2.70. The minimum absolute atomic E-state index is 0.241. The molecule has 4 unspecified atom stereocenters. The zero-order chi connectivity index (χ0) is 16.1. The summed E-state index contributed by atoms with van der Waals surface area (Å²) in [6.07, 6.45) is 14.3. The number of aliphatic hydroxyl groups is 1. The third kappa shape index (κ3) is 2.00. The van der Waals surface area contributed by atoms with Crippen molar-refractivity contribution in [3.63, 3.8) is 0 Å². The fourth-order valence-corrected chi connectivity index (χ4v) is 9.05. The van der Waals surface area contributed by atoms with Crippen molar-refractivity contribution in [2.75, 3.05) is 7.05 Å². The predicted molar refractivity (Wildman–Crippen MR) is 93.2 cm³/mol. The first kappa shape index (κ1) is 15.2. The first-order valence-electron chi connectivity index (χ1n) is 10.2. The van der Waals surface area contributed by atoms with Crippen LogP contribution in [0.5, 0.6) is 0 Å². The van der Waals surface area contributed by atoms with Gasteiger partial charge in [-0.25, -0.2) is 0 Å². The SMILES string of the molecule is CN1C2CCCC1CC(O)(C13CC4CC(C)(CC(C)(C4)C1)C3)C2. The highest BCUT2D eigenvalue weighted by Crippen LogP contribution is 2.73. The van der Waals surface area contributed by atoms with Gasteiger partial charge in [-0.05, 0) is 88.0 Å². The van der Waals surface area contributed by atoms with Crippen molar-refractivity contribution >= 4 is 0 Å². The molecule has 6 aliphatic rings. The van der Waals surface area contributed by atoms with Crippen LogP contribution in [0.2, 0.25) is 0 Å². The highest BCUT2D eigenvalue weighted by Gasteiger charge is 2.67. The normalized spacial score (nSPS) is 61.8. The molecule has 2 saturated heterocycles. The summed E-state index contributed by atoms with van der Waals surface area (Å²) >= 11 is 0. The Kier molecular flexibility index (Phi) is 2.88. The summed E-state index contributed by atoms with van der Waals surface area (Å²) in [6.45, 7) is 5.09. The van der Waals surface area contributed by atoms with Crippen molar-refractivity contribution in [1.29, 1.82) is 0 Å². The maximum Gasteiger partial charge on any atom is 0.0734 e. The van der Waals surface area contributed by atoms with Gasteiger partial charge in [0, 0.05) is 17.5 Å². The van der Waals surface area contributed by atoms with E-state index >= 15 is 0 Å². The van der Waals surface area contributed by atoms with E-state index in [4.69, 9.17) is 0 Å². The Balaban J connectivity index is 1.53. The number of rotatable bonds is 1. The quantitative estimate of drug-likeness (QED) is 0.776. The third-order valence-corrected chi connectivity index (χ3v) is 8.99. The smallest absolute Gasteiger partial charge is 0.0734 e. The van der Waals surface area contributed by atoms with E-state index in [1.165, 1.54) is 57.8 Å². The van der Waals surface area contributed by atoms with Gasteiger partial charge in [-0.15, -0.1) is 0 Å². The van der Waals surface area contributed by atoms with E-state index in [0.29, 0.717) is 22.9 Å². The van der Waals surface area contributed by atoms with Crippen LogP contribution < -0.4 is 0 Å². The van der Waals surface area contributed by atoms with Crippen LogP contribution in [0.4, 0.5) is 0 Å². The Labute approximate surface area is 142 Å². The third-order valence-electron chi connectivity index (χ3n) is 8.99. The molecular formula is C21H35NO. The van der Waals surface area contributed by atoms with Crippen LogP contribution in [0.25, 0.3) is 0 Å². The topological polar surface area (TPSA) is 23.5 Å². The van der Waals surface area contributed by atoms with Gasteiger partial charge in [-0.2, -0.15) is 0 Å². The number of hydrogen-bond acceptors (Lipinski definition) is 2. The van der Waals surface area contributed by atoms with Crippen LogP contribution in [-0.2, 0) is 0 Å². The zero-order valence-corrected chi connectivity index (χ0v) is 15.4. The Morgan fingerprint density at radius 3 is 1.91 bits per heavy atom. The van der Waals surface area contributed by atoms with Gasteiger partial charge in [-0.1, -0.05) is 20.3 Å². The summed E-state index contributed by atoms with van der Waals surface area (Å²) in [5.74, 6) is 0.893. The number of hydrogen-bond donors (Lipinski definition) is 1. The van der Waals surface area contributed by atoms with E-state index in [-0.39, 0.29) is 11.0 Å². The molecule has 0 aromatic carbocycles. The summed E-state index contributed by atoms with van der Waals surface area (Å²) in [7, 11) is 2.32. The van der Waals surface area contributed by atoms with Crippen LogP contribution in [-0.4, -0.2) is 34.7 Å². The van der Waals surface area contributed by atoms with E-state index < -0.39 is 0 Å². The molecule has 1 N–H and O–H groups in total. The van der Waals surface area contributed by atoms with Crippen molar-refractivity contribution in [3.8, 4) is 0 Å².